The van der Waals surface area contributed by atoms with E-state index in [1.165, 1.54) is 38.5 Å². The van der Waals surface area contributed by atoms with E-state index in [4.69, 9.17) is 0 Å². The molecule has 2 aliphatic carbocycles. The highest BCUT2D eigenvalue weighted by Gasteiger charge is 2.58. The molecule has 2 aromatic rings. The van der Waals surface area contributed by atoms with E-state index in [1.54, 1.807) is 57.1 Å². The average Bonchev–Trinajstić information content (AvgIpc) is 4.06. The van der Waals surface area contributed by atoms with Gasteiger partial charge in [0.25, 0.3) is 11.1 Å². The summed E-state index contributed by atoms with van der Waals surface area (Å²) in [6.07, 6.45) is 19.6. The van der Waals surface area contributed by atoms with Gasteiger partial charge in [0.1, 0.15) is 12.1 Å². The molecule has 0 radical (unpaired) electrons. The first-order chi connectivity index (χ1) is 31.0. The molecule has 0 unspecified atom stereocenters. The average molecular weight is 883 g/mol. The molecule has 4 amide bonds. The second-order valence-electron chi connectivity index (χ2n) is 18.9. The molecule has 6 heterocycles. The van der Waals surface area contributed by atoms with Crippen LogP contribution in [0.4, 0.5) is 0 Å². The number of nitrogens with zero attached hydrogens (tertiary/aromatic N) is 4. The molecule has 8 atom stereocenters. The zero-order chi connectivity index (χ0) is 45.7. The van der Waals surface area contributed by atoms with Gasteiger partial charge in [-0.15, -0.1) is 0 Å². The fourth-order valence-corrected chi connectivity index (χ4v) is 12.0. The van der Waals surface area contributed by atoms with Crippen LogP contribution in [0.2, 0.25) is 0 Å². The van der Waals surface area contributed by atoms with Crippen LogP contribution >= 0.6 is 0 Å². The normalized spacial score (nSPS) is 27.5. The van der Waals surface area contributed by atoms with Crippen molar-refractivity contribution in [1.82, 2.24) is 29.6 Å². The van der Waals surface area contributed by atoms with Gasteiger partial charge in [0.2, 0.25) is 23.6 Å². The van der Waals surface area contributed by atoms with Gasteiger partial charge >= 0.3 is 0 Å². The Balaban J connectivity index is 0.000000191. The Morgan fingerprint density at radius 1 is 0.609 bits per heavy atom. The number of aliphatic hydroxyl groups is 2. The molecule has 348 valence electrons. The number of aromatic nitrogens is 2. The first-order valence-corrected chi connectivity index (χ1v) is 24.1. The lowest BCUT2D eigenvalue weighted by atomic mass is 9.87. The van der Waals surface area contributed by atoms with E-state index in [0.29, 0.717) is 49.1 Å². The summed E-state index contributed by atoms with van der Waals surface area (Å²) in [7, 11) is 0. The standard InChI is InChI=1S/2C25H35N3O4/c2*1-3-8-17-11-12-20-22-18(14-27(20)25(17)32)19(15-29)23(28(22)21(30)4-2)24(31)26-13-16-9-6-5-7-10-16/h2*3,8,11-12,16,18-19,22-23,29H,4-7,9-10,13-15H2,1-2H3,(H,26,31)/b8-3+;8-3-/t2*18-,19-,22+,23-/m11/s1. The lowest BCUT2D eigenvalue weighted by molar-refractivity contribution is -0.141. The van der Waals surface area contributed by atoms with E-state index in [1.807, 2.05) is 38.1 Å². The second-order valence-corrected chi connectivity index (χ2v) is 18.9. The maximum atomic E-state index is 13.3. The summed E-state index contributed by atoms with van der Waals surface area (Å²) in [5.41, 5.74) is 2.55. The maximum Gasteiger partial charge on any atom is 0.258 e. The van der Waals surface area contributed by atoms with Crippen LogP contribution in [-0.2, 0) is 32.3 Å². The van der Waals surface area contributed by atoms with Crippen LogP contribution in [0.15, 0.2) is 46.0 Å². The van der Waals surface area contributed by atoms with E-state index in [9.17, 15) is 39.0 Å². The number of amides is 4. The fraction of sp³-hybridized carbons (Fsp3) is 0.640. The third-order valence-corrected chi connectivity index (χ3v) is 15.2. The van der Waals surface area contributed by atoms with Gasteiger partial charge in [0.15, 0.2) is 0 Å². The van der Waals surface area contributed by atoms with Crippen molar-refractivity contribution in [2.75, 3.05) is 26.3 Å². The first-order valence-electron chi connectivity index (χ1n) is 24.1. The van der Waals surface area contributed by atoms with Crippen LogP contribution in [0.1, 0.15) is 139 Å². The van der Waals surface area contributed by atoms with Crippen LogP contribution in [-0.4, -0.2) is 91.2 Å². The molecule has 8 rings (SSSR count). The smallest absolute Gasteiger partial charge is 0.258 e. The highest BCUT2D eigenvalue weighted by Crippen LogP contribution is 2.51. The number of rotatable bonds is 12. The predicted molar refractivity (Wildman–Crippen MR) is 245 cm³/mol. The second kappa shape index (κ2) is 21.0. The molecule has 2 aromatic heterocycles. The number of aliphatic hydroxyl groups excluding tert-OH is 2. The minimum Gasteiger partial charge on any atom is -0.396 e. The van der Waals surface area contributed by atoms with Crippen molar-refractivity contribution in [1.29, 1.82) is 0 Å². The molecule has 2 saturated heterocycles. The Labute approximate surface area is 377 Å². The number of likely N-dealkylation sites (tertiary alicyclic amines) is 2. The number of nitrogens with one attached hydrogen (secondary N) is 2. The molecule has 2 saturated carbocycles. The number of allylic oxidation sites excluding steroid dienone is 2. The molecule has 0 spiro atoms. The Hall–Kier alpha value is -4.82. The summed E-state index contributed by atoms with van der Waals surface area (Å²) in [4.78, 5) is 82.1. The highest BCUT2D eigenvalue weighted by molar-refractivity contribution is 5.90. The molecule has 14 nitrogen and oxygen atoms in total. The Morgan fingerprint density at radius 3 is 1.31 bits per heavy atom. The van der Waals surface area contributed by atoms with Gasteiger partial charge < -0.3 is 39.8 Å². The monoisotopic (exact) mass is 883 g/mol. The number of carbonyl (C=O) groups excluding carboxylic acids is 4. The van der Waals surface area contributed by atoms with Gasteiger partial charge in [-0.2, -0.15) is 0 Å². The first kappa shape index (κ1) is 47.2. The molecule has 64 heavy (non-hydrogen) atoms. The highest BCUT2D eigenvalue weighted by atomic mass is 16.3. The fourth-order valence-electron chi connectivity index (χ4n) is 12.0. The number of carbonyl (C=O) groups is 4. The quantitative estimate of drug-likeness (QED) is 0.231. The van der Waals surface area contributed by atoms with Gasteiger partial charge in [-0.3, -0.25) is 28.8 Å². The van der Waals surface area contributed by atoms with Crippen LogP contribution in [0.5, 0.6) is 0 Å². The SMILES string of the molecule is C/C=C/c1ccc2n(c1=O)C[C@@H]1[C@@H](CO)[C@H](C(=O)NCC3CCCCC3)N(C(=O)CC)[C@H]21.C/C=C\c1ccc2n(c1=O)C[C@@H]1[C@@H](CO)[C@H](C(=O)NCC3CCCCC3)N(C(=O)CC)[C@H]21. The van der Waals surface area contributed by atoms with Crippen LogP contribution in [0.25, 0.3) is 12.2 Å². The summed E-state index contributed by atoms with van der Waals surface area (Å²) in [6, 6.07) is 5.23. The molecule has 4 aliphatic heterocycles. The maximum absolute atomic E-state index is 13.3. The van der Waals surface area contributed by atoms with Crippen molar-refractivity contribution in [2.24, 2.45) is 35.5 Å². The van der Waals surface area contributed by atoms with E-state index in [-0.39, 0.29) is 84.7 Å². The van der Waals surface area contributed by atoms with E-state index in [2.05, 4.69) is 10.6 Å². The lowest BCUT2D eigenvalue weighted by Gasteiger charge is -2.31. The third-order valence-electron chi connectivity index (χ3n) is 15.2. The molecule has 4 N–H and O–H groups in total. The van der Waals surface area contributed by atoms with Gasteiger partial charge in [0.05, 0.1) is 12.1 Å². The van der Waals surface area contributed by atoms with Crippen LogP contribution < -0.4 is 21.8 Å². The number of hydrogen-bond acceptors (Lipinski definition) is 8. The van der Waals surface area contributed by atoms with Crippen molar-refractivity contribution in [3.05, 3.63) is 79.6 Å². The van der Waals surface area contributed by atoms with E-state index < -0.39 is 23.9 Å². The van der Waals surface area contributed by atoms with Gasteiger partial charge in [-0.1, -0.05) is 76.7 Å². The van der Waals surface area contributed by atoms with E-state index in [0.717, 1.165) is 37.1 Å². The van der Waals surface area contributed by atoms with Crippen LogP contribution in [0, 0.1) is 35.5 Å². The predicted octanol–water partition coefficient (Wildman–Crippen LogP) is 4.96. The zero-order valence-corrected chi connectivity index (χ0v) is 38.3. The molecular formula is C50H70N6O8. The molecule has 14 heteroatoms. The Bertz CT molecular complexity index is 2050. The van der Waals surface area contributed by atoms with Gasteiger partial charge in [0, 0.05) is 98.4 Å². The molecule has 0 bridgehead atoms. The molecule has 4 fully saturated rings. The summed E-state index contributed by atoms with van der Waals surface area (Å²) in [5.74, 6) is -0.724. The van der Waals surface area contributed by atoms with Crippen molar-refractivity contribution in [3.8, 4) is 0 Å². The largest absolute Gasteiger partial charge is 0.396 e. The summed E-state index contributed by atoms with van der Waals surface area (Å²) < 4.78 is 3.44. The minimum absolute atomic E-state index is 0.0890. The van der Waals surface area contributed by atoms with Crippen molar-refractivity contribution in [3.63, 3.8) is 0 Å². The third kappa shape index (κ3) is 9.05. The molecule has 6 aliphatic rings. The van der Waals surface area contributed by atoms with Crippen molar-refractivity contribution < 1.29 is 29.4 Å². The number of fused-ring (bicyclic) bond motifs is 6. The summed E-state index contributed by atoms with van der Waals surface area (Å²) in [6.45, 7) is 9.00. The summed E-state index contributed by atoms with van der Waals surface area (Å²) >= 11 is 0. The summed E-state index contributed by atoms with van der Waals surface area (Å²) in [5, 5.41) is 26.8. The van der Waals surface area contributed by atoms with Gasteiger partial charge in [-0.05, 0) is 75.6 Å². The van der Waals surface area contributed by atoms with Crippen molar-refractivity contribution in [2.45, 2.75) is 142 Å². The number of hydrogen-bond donors (Lipinski definition) is 4. The topological polar surface area (TPSA) is 183 Å². The van der Waals surface area contributed by atoms with Crippen LogP contribution in [0.3, 0.4) is 0 Å². The Kier molecular flexibility index (Phi) is 15.5. The van der Waals surface area contributed by atoms with E-state index >= 15 is 0 Å². The lowest BCUT2D eigenvalue weighted by Crippen LogP contribution is -2.51. The zero-order valence-electron chi connectivity index (χ0n) is 38.3. The molecule has 0 aromatic carbocycles. The van der Waals surface area contributed by atoms with Gasteiger partial charge in [-0.25, -0.2) is 0 Å². The molecular weight excluding hydrogens is 813 g/mol. The number of pyridine rings is 2. The van der Waals surface area contributed by atoms with Crippen molar-refractivity contribution >= 4 is 35.8 Å². The minimum atomic E-state index is -0.704. The Morgan fingerprint density at radius 2 is 0.984 bits per heavy atom.